The second-order valence-electron chi connectivity index (χ2n) is 17.3. The van der Waals surface area contributed by atoms with Crippen molar-refractivity contribution in [1.29, 1.82) is 0 Å². The summed E-state index contributed by atoms with van der Waals surface area (Å²) in [5.41, 5.74) is 14.7. The van der Waals surface area contributed by atoms with Crippen LogP contribution in [0, 0.1) is 6.57 Å². The normalized spacial score (nSPS) is 15.4. The standard InChI is InChI=1S/C55H44N4/c1-53(2)31-32-54(3,4)49-42(26-17-30-47(49)53)37-33-38(35-41(34-37)56-5)51-57-50(36-19-9-6-10-20-36)58-52(59-51)44-27-18-29-46-48(44)43-25-15-16-28-45(43)55(46,39-21-11-7-12-22-39)40-23-13-8-14-24-40/h6-30,33-35H,31-32H2,1-4H3. The van der Waals surface area contributed by atoms with E-state index < -0.39 is 5.41 Å². The van der Waals surface area contributed by atoms with Gasteiger partial charge < -0.3 is 0 Å². The fourth-order valence-corrected chi connectivity index (χ4v) is 9.95. The van der Waals surface area contributed by atoms with E-state index in [4.69, 9.17) is 21.5 Å². The second kappa shape index (κ2) is 13.9. The summed E-state index contributed by atoms with van der Waals surface area (Å²) >= 11 is 0. The molecule has 0 spiro atoms. The van der Waals surface area contributed by atoms with E-state index >= 15 is 0 Å². The van der Waals surface area contributed by atoms with Gasteiger partial charge in [0.05, 0.1) is 12.0 Å². The average molecular weight is 761 g/mol. The SMILES string of the molecule is [C-]#[N+]c1cc(-c2nc(-c3ccccc3)nc(-c3cccc4c3-c3ccccc3C4(c3ccccc3)c3ccccc3)n2)cc(-c2cccc3c2C(C)(C)CCC3(C)C)c1. The van der Waals surface area contributed by atoms with E-state index in [2.05, 4.69) is 160 Å². The Balaban J connectivity index is 1.23. The zero-order valence-electron chi connectivity index (χ0n) is 33.9. The highest BCUT2D eigenvalue weighted by Gasteiger charge is 2.47. The zero-order valence-corrected chi connectivity index (χ0v) is 33.9. The van der Waals surface area contributed by atoms with Crippen LogP contribution >= 0.6 is 0 Å². The van der Waals surface area contributed by atoms with E-state index in [0.717, 1.165) is 46.2 Å². The van der Waals surface area contributed by atoms with Crippen LogP contribution in [-0.2, 0) is 16.2 Å². The third kappa shape index (κ3) is 5.83. The number of rotatable bonds is 6. The minimum atomic E-state index is -0.557. The van der Waals surface area contributed by atoms with Crippen molar-refractivity contribution in [2.24, 2.45) is 0 Å². The molecular weight excluding hydrogens is 717 g/mol. The van der Waals surface area contributed by atoms with Gasteiger partial charge in [-0.1, -0.05) is 179 Å². The van der Waals surface area contributed by atoms with Crippen LogP contribution in [0.15, 0.2) is 170 Å². The maximum absolute atomic E-state index is 8.25. The van der Waals surface area contributed by atoms with Crippen molar-refractivity contribution in [2.75, 3.05) is 0 Å². The second-order valence-corrected chi connectivity index (χ2v) is 17.3. The summed E-state index contributed by atoms with van der Waals surface area (Å²) in [6.45, 7) is 17.7. The lowest BCUT2D eigenvalue weighted by Crippen LogP contribution is -2.34. The molecule has 2 aliphatic carbocycles. The summed E-state index contributed by atoms with van der Waals surface area (Å²) in [7, 11) is 0. The third-order valence-corrected chi connectivity index (χ3v) is 12.9. The molecule has 2 aliphatic rings. The third-order valence-electron chi connectivity index (χ3n) is 12.9. The van der Waals surface area contributed by atoms with Crippen molar-refractivity contribution < 1.29 is 0 Å². The van der Waals surface area contributed by atoms with E-state index in [-0.39, 0.29) is 10.8 Å². The number of benzene rings is 7. The highest BCUT2D eigenvalue weighted by molar-refractivity contribution is 5.94. The van der Waals surface area contributed by atoms with Gasteiger partial charge >= 0.3 is 0 Å². The lowest BCUT2D eigenvalue weighted by molar-refractivity contribution is 0.333. The van der Waals surface area contributed by atoms with Crippen molar-refractivity contribution in [3.63, 3.8) is 0 Å². The Labute approximate surface area is 347 Å². The van der Waals surface area contributed by atoms with Gasteiger partial charge in [-0.05, 0) is 97.5 Å². The fraction of sp³-hybridized carbons (Fsp3) is 0.164. The van der Waals surface area contributed by atoms with Gasteiger partial charge in [-0.15, -0.1) is 0 Å². The van der Waals surface area contributed by atoms with Gasteiger partial charge in [0.1, 0.15) is 0 Å². The Bertz CT molecular complexity index is 2900. The van der Waals surface area contributed by atoms with Crippen LogP contribution in [-0.4, -0.2) is 15.0 Å². The van der Waals surface area contributed by atoms with Crippen LogP contribution < -0.4 is 0 Å². The molecule has 0 N–H and O–H groups in total. The van der Waals surface area contributed by atoms with Crippen LogP contribution in [0.2, 0.25) is 0 Å². The maximum Gasteiger partial charge on any atom is 0.188 e. The first-order valence-electron chi connectivity index (χ1n) is 20.5. The van der Waals surface area contributed by atoms with E-state index in [1.54, 1.807) is 0 Å². The van der Waals surface area contributed by atoms with Crippen molar-refractivity contribution >= 4 is 5.69 Å². The first-order chi connectivity index (χ1) is 28.7. The predicted molar refractivity (Wildman–Crippen MR) is 240 cm³/mol. The zero-order chi connectivity index (χ0) is 40.4. The maximum atomic E-state index is 8.25. The number of hydrogen-bond acceptors (Lipinski definition) is 3. The van der Waals surface area contributed by atoms with Crippen LogP contribution in [0.25, 0.3) is 61.3 Å². The molecule has 0 bridgehead atoms. The molecule has 0 atom stereocenters. The van der Waals surface area contributed by atoms with Gasteiger partial charge in [0, 0.05) is 16.7 Å². The first-order valence-corrected chi connectivity index (χ1v) is 20.5. The molecule has 0 radical (unpaired) electrons. The number of fused-ring (bicyclic) bond motifs is 4. The summed E-state index contributed by atoms with van der Waals surface area (Å²) in [5, 5.41) is 0. The molecule has 0 amide bonds. The Morgan fingerprint density at radius 3 is 1.63 bits per heavy atom. The number of aromatic nitrogens is 3. The van der Waals surface area contributed by atoms with Crippen molar-refractivity contribution in [3.8, 4) is 56.4 Å². The summed E-state index contributed by atoms with van der Waals surface area (Å²) < 4.78 is 0. The Hall–Kier alpha value is -6.96. The fourth-order valence-electron chi connectivity index (χ4n) is 9.95. The van der Waals surface area contributed by atoms with Gasteiger partial charge in [-0.2, -0.15) is 0 Å². The van der Waals surface area contributed by atoms with E-state index in [9.17, 15) is 0 Å². The van der Waals surface area contributed by atoms with Crippen molar-refractivity contribution in [3.05, 3.63) is 215 Å². The summed E-state index contributed by atoms with van der Waals surface area (Å²) in [6, 6.07) is 60.0. The van der Waals surface area contributed by atoms with Crippen LogP contribution in [0.3, 0.4) is 0 Å². The van der Waals surface area contributed by atoms with Gasteiger partial charge in [0.2, 0.25) is 0 Å². The van der Waals surface area contributed by atoms with Gasteiger partial charge in [0.25, 0.3) is 0 Å². The molecule has 0 saturated heterocycles. The van der Waals surface area contributed by atoms with Crippen LogP contribution in [0.5, 0.6) is 0 Å². The lowest BCUT2D eigenvalue weighted by Gasteiger charge is -2.43. The van der Waals surface area contributed by atoms with Crippen molar-refractivity contribution in [2.45, 2.75) is 56.8 Å². The Kier molecular flexibility index (Phi) is 8.55. The Morgan fingerprint density at radius 1 is 0.441 bits per heavy atom. The topological polar surface area (TPSA) is 43.0 Å². The minimum absolute atomic E-state index is 0.0186. The highest BCUT2D eigenvalue weighted by atomic mass is 15.0. The molecule has 4 nitrogen and oxygen atoms in total. The predicted octanol–water partition coefficient (Wildman–Crippen LogP) is 13.8. The first kappa shape index (κ1) is 36.4. The molecule has 284 valence electrons. The molecule has 1 aromatic heterocycles. The number of hydrogen-bond donors (Lipinski definition) is 0. The van der Waals surface area contributed by atoms with E-state index in [1.807, 2.05) is 42.5 Å². The molecular formula is C55H44N4. The minimum Gasteiger partial charge on any atom is -0.238 e. The van der Waals surface area contributed by atoms with Crippen molar-refractivity contribution in [1.82, 2.24) is 15.0 Å². The molecule has 0 saturated carbocycles. The summed E-state index contributed by atoms with van der Waals surface area (Å²) in [6.07, 6.45) is 2.22. The molecule has 1 heterocycles. The Morgan fingerprint density at radius 2 is 0.949 bits per heavy atom. The summed E-state index contributed by atoms with van der Waals surface area (Å²) in [4.78, 5) is 19.8. The molecule has 7 aromatic carbocycles. The largest absolute Gasteiger partial charge is 0.238 e. The van der Waals surface area contributed by atoms with Crippen LogP contribution in [0.4, 0.5) is 5.69 Å². The smallest absolute Gasteiger partial charge is 0.188 e. The van der Waals surface area contributed by atoms with Gasteiger partial charge in [0.15, 0.2) is 23.2 Å². The average Bonchev–Trinajstić information content (AvgIpc) is 3.59. The molecule has 0 unspecified atom stereocenters. The van der Waals surface area contributed by atoms with Crippen LogP contribution in [0.1, 0.15) is 73.9 Å². The lowest BCUT2D eigenvalue weighted by atomic mass is 9.61. The monoisotopic (exact) mass is 760 g/mol. The molecule has 59 heavy (non-hydrogen) atoms. The number of nitrogens with zero attached hydrogens (tertiary/aromatic N) is 4. The van der Waals surface area contributed by atoms with E-state index in [0.29, 0.717) is 23.2 Å². The van der Waals surface area contributed by atoms with Gasteiger partial charge in [-0.3, -0.25) is 0 Å². The molecule has 0 fully saturated rings. The van der Waals surface area contributed by atoms with E-state index in [1.165, 1.54) is 38.9 Å². The summed E-state index contributed by atoms with van der Waals surface area (Å²) in [5.74, 6) is 1.71. The molecule has 0 aliphatic heterocycles. The molecule has 8 aromatic rings. The quantitative estimate of drug-likeness (QED) is 0.159. The molecule has 10 rings (SSSR count). The van der Waals surface area contributed by atoms with Gasteiger partial charge in [-0.25, -0.2) is 19.8 Å². The highest BCUT2D eigenvalue weighted by Crippen LogP contribution is 2.58. The molecule has 4 heteroatoms.